The molecule has 254 valence electrons. The van der Waals surface area contributed by atoms with E-state index in [-0.39, 0.29) is 0 Å². The SMILES string of the molecule is N=Cc1c(Nc2ccccc2)ccc2c1c1ccc3ccc4ccccc4c3c1n2-c1cccc(-c2cc(-c3ccccc3)nc(-c3ccccc3)c2)c1. The second-order valence-corrected chi connectivity index (χ2v) is 13.6. The molecule has 0 saturated heterocycles. The zero-order valence-electron chi connectivity index (χ0n) is 29.4. The Labute approximate surface area is 313 Å². The Balaban J connectivity index is 1.26. The van der Waals surface area contributed by atoms with Gasteiger partial charge in [0.15, 0.2) is 0 Å². The van der Waals surface area contributed by atoms with Gasteiger partial charge in [0, 0.05) is 56.1 Å². The van der Waals surface area contributed by atoms with Gasteiger partial charge in [-0.3, -0.25) is 0 Å². The molecule has 0 aliphatic rings. The van der Waals surface area contributed by atoms with Gasteiger partial charge in [-0.25, -0.2) is 4.98 Å². The molecule has 0 saturated carbocycles. The van der Waals surface area contributed by atoms with E-state index in [0.717, 1.165) is 78.1 Å². The van der Waals surface area contributed by atoms with Crippen LogP contribution in [0.2, 0.25) is 0 Å². The predicted molar refractivity (Wildman–Crippen MR) is 228 cm³/mol. The molecule has 2 N–H and O–H groups in total. The summed E-state index contributed by atoms with van der Waals surface area (Å²) >= 11 is 0. The third-order valence-electron chi connectivity index (χ3n) is 10.4. The summed E-state index contributed by atoms with van der Waals surface area (Å²) in [6.45, 7) is 0. The van der Waals surface area contributed by atoms with Crippen LogP contribution in [0, 0.1) is 5.41 Å². The standard InChI is InChI=1S/C50H34N4/c51-32-43-44(52-39-19-8-3-9-20-39)27-28-47-49(43)42-26-25-36-24-23-33-13-10-11-22-41(33)48(36)50(42)54(47)40-21-12-18-37(29-40)38-30-45(34-14-4-1-5-15-34)53-46(31-38)35-16-6-2-7-17-35/h1-32,51-52H. The van der Waals surface area contributed by atoms with Crippen molar-refractivity contribution in [3.8, 4) is 39.3 Å². The molecule has 54 heavy (non-hydrogen) atoms. The molecule has 0 aliphatic carbocycles. The van der Waals surface area contributed by atoms with E-state index in [2.05, 4.69) is 168 Å². The first-order valence-corrected chi connectivity index (χ1v) is 18.2. The molecular formula is C50H34N4. The molecule has 0 spiro atoms. The summed E-state index contributed by atoms with van der Waals surface area (Å²) in [5.74, 6) is 0. The Hall–Kier alpha value is -7.30. The summed E-state index contributed by atoms with van der Waals surface area (Å²) in [6, 6.07) is 66.0. The number of rotatable bonds is 7. The topological polar surface area (TPSA) is 53.7 Å². The monoisotopic (exact) mass is 690 g/mol. The number of hydrogen-bond acceptors (Lipinski definition) is 3. The highest BCUT2D eigenvalue weighted by atomic mass is 15.0. The maximum atomic E-state index is 8.76. The number of hydrogen-bond donors (Lipinski definition) is 2. The second kappa shape index (κ2) is 13.0. The van der Waals surface area contributed by atoms with Crippen molar-refractivity contribution in [3.63, 3.8) is 0 Å². The van der Waals surface area contributed by atoms with Crippen molar-refractivity contribution in [1.29, 1.82) is 5.41 Å². The Morgan fingerprint density at radius 1 is 0.481 bits per heavy atom. The molecule has 0 fully saturated rings. The quantitative estimate of drug-likeness (QED) is 0.129. The molecule has 4 nitrogen and oxygen atoms in total. The number of fused-ring (bicyclic) bond motifs is 7. The summed E-state index contributed by atoms with van der Waals surface area (Å²) in [4.78, 5) is 5.14. The lowest BCUT2D eigenvalue weighted by Gasteiger charge is -2.15. The average molecular weight is 691 g/mol. The highest BCUT2D eigenvalue weighted by molar-refractivity contribution is 6.28. The minimum absolute atomic E-state index is 0.852. The smallest absolute Gasteiger partial charge is 0.0715 e. The van der Waals surface area contributed by atoms with Gasteiger partial charge in [-0.1, -0.05) is 140 Å². The molecule has 10 aromatic rings. The van der Waals surface area contributed by atoms with Gasteiger partial charge in [-0.2, -0.15) is 0 Å². The van der Waals surface area contributed by atoms with Crippen molar-refractivity contribution in [2.45, 2.75) is 0 Å². The van der Waals surface area contributed by atoms with Crippen LogP contribution in [0.15, 0.2) is 188 Å². The van der Waals surface area contributed by atoms with Gasteiger partial charge in [0.1, 0.15) is 0 Å². The second-order valence-electron chi connectivity index (χ2n) is 13.6. The predicted octanol–water partition coefficient (Wildman–Crippen LogP) is 13.2. The Bertz CT molecular complexity index is 2960. The van der Waals surface area contributed by atoms with E-state index in [4.69, 9.17) is 10.4 Å². The van der Waals surface area contributed by atoms with Crippen LogP contribution in [0.3, 0.4) is 0 Å². The number of benzene rings is 8. The number of pyridine rings is 1. The molecule has 0 atom stereocenters. The van der Waals surface area contributed by atoms with E-state index in [1.54, 1.807) is 0 Å². The van der Waals surface area contributed by atoms with Gasteiger partial charge in [0.2, 0.25) is 0 Å². The Morgan fingerprint density at radius 2 is 1.11 bits per heavy atom. The minimum Gasteiger partial charge on any atom is -0.355 e. The zero-order valence-corrected chi connectivity index (χ0v) is 29.4. The van der Waals surface area contributed by atoms with Crippen LogP contribution >= 0.6 is 0 Å². The fourth-order valence-corrected chi connectivity index (χ4v) is 7.95. The lowest BCUT2D eigenvalue weighted by molar-refractivity contribution is 1.19. The third-order valence-corrected chi connectivity index (χ3v) is 10.4. The van der Waals surface area contributed by atoms with Crippen molar-refractivity contribution in [1.82, 2.24) is 9.55 Å². The first-order valence-electron chi connectivity index (χ1n) is 18.2. The molecule has 8 aromatic carbocycles. The molecule has 0 aliphatic heterocycles. The fraction of sp³-hybridized carbons (Fsp3) is 0. The number of aromatic nitrogens is 2. The van der Waals surface area contributed by atoms with Gasteiger partial charge in [-0.05, 0) is 75.8 Å². The molecule has 0 unspecified atom stereocenters. The highest BCUT2D eigenvalue weighted by Crippen LogP contribution is 2.43. The Kier molecular flexibility index (Phi) is 7.59. The fourth-order valence-electron chi connectivity index (χ4n) is 7.95. The number of nitrogens with zero attached hydrogens (tertiary/aromatic N) is 2. The molecule has 0 amide bonds. The number of nitrogens with one attached hydrogen (secondary N) is 2. The average Bonchev–Trinajstić information content (AvgIpc) is 3.59. The van der Waals surface area contributed by atoms with Crippen molar-refractivity contribution in [2.24, 2.45) is 0 Å². The molecule has 10 rings (SSSR count). The summed E-state index contributed by atoms with van der Waals surface area (Å²) in [5, 5.41) is 19.3. The van der Waals surface area contributed by atoms with E-state index in [1.165, 1.54) is 27.8 Å². The van der Waals surface area contributed by atoms with Crippen LogP contribution in [-0.2, 0) is 0 Å². The van der Waals surface area contributed by atoms with E-state index in [1.807, 2.05) is 30.3 Å². The minimum atomic E-state index is 0.852. The van der Waals surface area contributed by atoms with Crippen molar-refractivity contribution in [3.05, 3.63) is 194 Å². The van der Waals surface area contributed by atoms with Crippen LogP contribution in [0.25, 0.3) is 82.7 Å². The largest absolute Gasteiger partial charge is 0.355 e. The van der Waals surface area contributed by atoms with Crippen LogP contribution in [0.4, 0.5) is 11.4 Å². The third kappa shape index (κ3) is 5.32. The van der Waals surface area contributed by atoms with Crippen molar-refractivity contribution in [2.75, 3.05) is 5.32 Å². The molecule has 4 heteroatoms. The number of para-hydroxylation sites is 1. The summed E-state index contributed by atoms with van der Waals surface area (Å²) < 4.78 is 2.40. The van der Waals surface area contributed by atoms with E-state index < -0.39 is 0 Å². The van der Waals surface area contributed by atoms with Gasteiger partial charge in [0.25, 0.3) is 0 Å². The molecule has 0 radical (unpaired) electrons. The maximum absolute atomic E-state index is 8.76. The van der Waals surface area contributed by atoms with Gasteiger partial charge < -0.3 is 15.3 Å². The zero-order chi connectivity index (χ0) is 36.0. The van der Waals surface area contributed by atoms with E-state index in [9.17, 15) is 0 Å². The van der Waals surface area contributed by atoms with Crippen molar-refractivity contribution < 1.29 is 0 Å². The lowest BCUT2D eigenvalue weighted by Crippen LogP contribution is -1.98. The summed E-state index contributed by atoms with van der Waals surface area (Å²) in [6.07, 6.45) is 1.49. The van der Waals surface area contributed by atoms with E-state index in [0.29, 0.717) is 0 Å². The van der Waals surface area contributed by atoms with E-state index >= 15 is 0 Å². The van der Waals surface area contributed by atoms with Crippen molar-refractivity contribution >= 4 is 60.9 Å². The van der Waals surface area contributed by atoms with Crippen LogP contribution in [0.1, 0.15) is 5.56 Å². The Morgan fingerprint density at radius 3 is 1.83 bits per heavy atom. The van der Waals surface area contributed by atoms with Crippen LogP contribution < -0.4 is 5.32 Å². The summed E-state index contributed by atoms with van der Waals surface area (Å²) in [7, 11) is 0. The summed E-state index contributed by atoms with van der Waals surface area (Å²) in [5.41, 5.74) is 12.2. The van der Waals surface area contributed by atoms with Gasteiger partial charge in [0.05, 0.1) is 22.4 Å². The van der Waals surface area contributed by atoms with Crippen LogP contribution in [0.5, 0.6) is 0 Å². The maximum Gasteiger partial charge on any atom is 0.0715 e. The van der Waals surface area contributed by atoms with Gasteiger partial charge >= 0.3 is 0 Å². The number of anilines is 2. The lowest BCUT2D eigenvalue weighted by atomic mass is 9.98. The normalized spacial score (nSPS) is 11.4. The van der Waals surface area contributed by atoms with Gasteiger partial charge in [-0.15, -0.1) is 0 Å². The first-order chi connectivity index (χ1) is 26.7. The molecule has 0 bridgehead atoms. The molecule has 2 aromatic heterocycles. The first kappa shape index (κ1) is 31.4. The molecule has 2 heterocycles. The highest BCUT2D eigenvalue weighted by Gasteiger charge is 2.21. The molecular weight excluding hydrogens is 657 g/mol. The van der Waals surface area contributed by atoms with Crippen LogP contribution in [-0.4, -0.2) is 15.8 Å².